The van der Waals surface area contributed by atoms with Gasteiger partial charge in [0.05, 0.1) is 6.04 Å². The van der Waals surface area contributed by atoms with Crippen LogP contribution in [0.5, 0.6) is 0 Å². The lowest BCUT2D eigenvalue weighted by Crippen LogP contribution is -2.37. The highest BCUT2D eigenvalue weighted by Crippen LogP contribution is 2.20. The van der Waals surface area contributed by atoms with Gasteiger partial charge in [0.1, 0.15) is 0 Å². The van der Waals surface area contributed by atoms with Gasteiger partial charge in [-0.3, -0.25) is 0 Å². The summed E-state index contributed by atoms with van der Waals surface area (Å²) in [7, 11) is 0. The molecule has 90 valence electrons. The SMILES string of the molecule is C=C(C)N(CC(C)CN)C1C=CC(C)=CC1. The molecule has 0 saturated carbocycles. The maximum atomic E-state index is 5.69. The lowest BCUT2D eigenvalue weighted by Gasteiger charge is -2.34. The van der Waals surface area contributed by atoms with E-state index < -0.39 is 0 Å². The number of nitrogens with zero attached hydrogens (tertiary/aromatic N) is 1. The van der Waals surface area contributed by atoms with Crippen molar-refractivity contribution in [2.45, 2.75) is 33.2 Å². The molecule has 0 aliphatic heterocycles. The van der Waals surface area contributed by atoms with Gasteiger partial charge in [-0.1, -0.05) is 37.3 Å². The van der Waals surface area contributed by atoms with Gasteiger partial charge in [0.2, 0.25) is 0 Å². The first-order valence-electron chi connectivity index (χ1n) is 6.01. The average molecular weight is 220 g/mol. The monoisotopic (exact) mass is 220 g/mol. The maximum Gasteiger partial charge on any atom is 0.0507 e. The Morgan fingerprint density at radius 1 is 1.69 bits per heavy atom. The fourth-order valence-corrected chi connectivity index (χ4v) is 1.93. The Hall–Kier alpha value is -1.02. The van der Waals surface area contributed by atoms with E-state index in [9.17, 15) is 0 Å². The Kier molecular flexibility index (Phi) is 4.81. The molecule has 1 aliphatic carbocycles. The van der Waals surface area contributed by atoms with E-state index in [1.807, 2.05) is 0 Å². The Balaban J connectivity index is 2.65. The van der Waals surface area contributed by atoms with Crippen LogP contribution in [0, 0.1) is 5.92 Å². The van der Waals surface area contributed by atoms with E-state index in [1.165, 1.54) is 5.57 Å². The van der Waals surface area contributed by atoms with Crippen LogP contribution in [0.15, 0.2) is 36.1 Å². The molecule has 0 heterocycles. The van der Waals surface area contributed by atoms with Crippen molar-refractivity contribution in [3.8, 4) is 0 Å². The highest BCUT2D eigenvalue weighted by atomic mass is 15.2. The zero-order valence-electron chi connectivity index (χ0n) is 10.7. The second-order valence-corrected chi connectivity index (χ2v) is 4.84. The van der Waals surface area contributed by atoms with E-state index in [2.05, 4.69) is 50.5 Å². The fourth-order valence-electron chi connectivity index (χ4n) is 1.93. The van der Waals surface area contributed by atoms with E-state index in [4.69, 9.17) is 5.73 Å². The molecule has 0 aromatic rings. The second kappa shape index (κ2) is 5.90. The third-order valence-electron chi connectivity index (χ3n) is 3.06. The largest absolute Gasteiger partial charge is 0.368 e. The van der Waals surface area contributed by atoms with Gasteiger partial charge >= 0.3 is 0 Å². The first kappa shape index (κ1) is 13.0. The maximum absolute atomic E-state index is 5.69. The van der Waals surface area contributed by atoms with Gasteiger partial charge in [-0.05, 0) is 32.7 Å². The van der Waals surface area contributed by atoms with E-state index >= 15 is 0 Å². The summed E-state index contributed by atoms with van der Waals surface area (Å²) in [6.07, 6.45) is 7.82. The predicted molar refractivity (Wildman–Crippen MR) is 71.0 cm³/mol. The standard InChI is InChI=1S/C14H24N2/c1-11(2)16(10-13(4)9-15)14-7-5-12(3)6-8-14/h5-7,13-14H,1,8-10,15H2,2-4H3. The van der Waals surface area contributed by atoms with Crippen molar-refractivity contribution in [3.63, 3.8) is 0 Å². The molecule has 0 fully saturated rings. The fraction of sp³-hybridized carbons (Fsp3) is 0.571. The van der Waals surface area contributed by atoms with Crippen molar-refractivity contribution in [3.05, 3.63) is 36.1 Å². The number of allylic oxidation sites excluding steroid dienone is 3. The number of nitrogens with two attached hydrogens (primary N) is 1. The normalized spacial score (nSPS) is 21.5. The van der Waals surface area contributed by atoms with Crippen LogP contribution in [0.3, 0.4) is 0 Å². The molecule has 0 bridgehead atoms. The summed E-state index contributed by atoms with van der Waals surface area (Å²) < 4.78 is 0. The molecule has 2 heteroatoms. The van der Waals surface area contributed by atoms with E-state index in [0.717, 1.165) is 25.2 Å². The topological polar surface area (TPSA) is 29.3 Å². The van der Waals surface area contributed by atoms with Crippen molar-refractivity contribution in [2.75, 3.05) is 13.1 Å². The smallest absolute Gasteiger partial charge is 0.0507 e. The summed E-state index contributed by atoms with van der Waals surface area (Å²) in [4.78, 5) is 2.36. The number of hydrogen-bond donors (Lipinski definition) is 1. The predicted octanol–water partition coefficient (Wildman–Crippen LogP) is 2.69. The molecule has 2 atom stereocenters. The van der Waals surface area contributed by atoms with Crippen LogP contribution in [0.1, 0.15) is 27.2 Å². The zero-order chi connectivity index (χ0) is 12.1. The van der Waals surface area contributed by atoms with Gasteiger partial charge in [0.25, 0.3) is 0 Å². The van der Waals surface area contributed by atoms with Crippen molar-refractivity contribution in [1.29, 1.82) is 0 Å². The zero-order valence-corrected chi connectivity index (χ0v) is 10.7. The van der Waals surface area contributed by atoms with Crippen LogP contribution in [0.4, 0.5) is 0 Å². The molecule has 0 radical (unpaired) electrons. The van der Waals surface area contributed by atoms with Crippen molar-refractivity contribution >= 4 is 0 Å². The molecule has 1 aliphatic rings. The van der Waals surface area contributed by atoms with Gasteiger partial charge in [0, 0.05) is 12.2 Å². The first-order chi connectivity index (χ1) is 7.54. The summed E-state index contributed by atoms with van der Waals surface area (Å²) in [5, 5.41) is 0. The van der Waals surface area contributed by atoms with Crippen molar-refractivity contribution < 1.29 is 0 Å². The first-order valence-corrected chi connectivity index (χ1v) is 6.01. The quantitative estimate of drug-likeness (QED) is 0.772. The summed E-state index contributed by atoms with van der Waals surface area (Å²) in [6.45, 7) is 12.2. The average Bonchev–Trinajstić information content (AvgIpc) is 2.26. The lowest BCUT2D eigenvalue weighted by molar-refractivity contribution is 0.256. The van der Waals surface area contributed by atoms with E-state index in [0.29, 0.717) is 12.0 Å². The molecule has 2 nitrogen and oxygen atoms in total. The molecule has 2 unspecified atom stereocenters. The van der Waals surface area contributed by atoms with Gasteiger partial charge in [-0.2, -0.15) is 0 Å². The van der Waals surface area contributed by atoms with Gasteiger partial charge < -0.3 is 10.6 Å². The lowest BCUT2D eigenvalue weighted by atomic mass is 10.0. The minimum Gasteiger partial charge on any atom is -0.368 e. The number of hydrogen-bond acceptors (Lipinski definition) is 2. The summed E-state index contributed by atoms with van der Waals surface area (Å²) in [6, 6.07) is 0.454. The molecule has 0 spiro atoms. The Bertz CT molecular complexity index is 302. The van der Waals surface area contributed by atoms with E-state index in [-0.39, 0.29) is 0 Å². The molecule has 2 N–H and O–H groups in total. The molecule has 1 rings (SSSR count). The van der Waals surface area contributed by atoms with Gasteiger partial charge in [-0.15, -0.1) is 0 Å². The Labute approximate surface area is 99.5 Å². The Morgan fingerprint density at radius 2 is 2.38 bits per heavy atom. The molecule has 0 saturated heterocycles. The summed E-state index contributed by atoms with van der Waals surface area (Å²) in [5.74, 6) is 0.511. The minimum atomic E-state index is 0.454. The molecular formula is C14H24N2. The highest BCUT2D eigenvalue weighted by Gasteiger charge is 2.18. The summed E-state index contributed by atoms with van der Waals surface area (Å²) >= 11 is 0. The van der Waals surface area contributed by atoms with Crippen LogP contribution in [0.25, 0.3) is 0 Å². The molecule has 16 heavy (non-hydrogen) atoms. The van der Waals surface area contributed by atoms with Crippen molar-refractivity contribution in [2.24, 2.45) is 11.7 Å². The minimum absolute atomic E-state index is 0.454. The summed E-state index contributed by atoms with van der Waals surface area (Å²) in [5.41, 5.74) is 8.17. The van der Waals surface area contributed by atoms with Crippen molar-refractivity contribution in [1.82, 2.24) is 4.90 Å². The van der Waals surface area contributed by atoms with Crippen LogP contribution in [-0.4, -0.2) is 24.0 Å². The molecule has 0 aromatic carbocycles. The highest BCUT2D eigenvalue weighted by molar-refractivity contribution is 5.24. The molecule has 0 aromatic heterocycles. The van der Waals surface area contributed by atoms with Crippen LogP contribution in [0.2, 0.25) is 0 Å². The van der Waals surface area contributed by atoms with Crippen LogP contribution in [-0.2, 0) is 0 Å². The van der Waals surface area contributed by atoms with Crippen LogP contribution >= 0.6 is 0 Å². The third kappa shape index (κ3) is 3.53. The third-order valence-corrected chi connectivity index (χ3v) is 3.06. The van der Waals surface area contributed by atoms with Crippen LogP contribution < -0.4 is 5.73 Å². The molecule has 0 amide bonds. The Morgan fingerprint density at radius 3 is 2.81 bits per heavy atom. The second-order valence-electron chi connectivity index (χ2n) is 4.84. The van der Waals surface area contributed by atoms with Gasteiger partial charge in [0.15, 0.2) is 0 Å². The molecular weight excluding hydrogens is 196 g/mol. The number of rotatable bonds is 5. The van der Waals surface area contributed by atoms with E-state index in [1.54, 1.807) is 0 Å². The van der Waals surface area contributed by atoms with Gasteiger partial charge in [-0.25, -0.2) is 0 Å².